The molecule has 0 radical (unpaired) electrons. The minimum absolute atomic E-state index is 0.0118. The highest BCUT2D eigenvalue weighted by Gasteiger charge is 2.27. The Bertz CT molecular complexity index is 407. The predicted octanol–water partition coefficient (Wildman–Crippen LogP) is 6.51. The number of unbranched alkanes of at least 4 members (excludes halogenated alkanes) is 9. The van der Waals surface area contributed by atoms with E-state index in [2.05, 4.69) is 13.0 Å². The number of nitrogens with zero attached hydrogens (tertiary/aromatic N) is 1. The fourth-order valence-corrected chi connectivity index (χ4v) is 4.23. The summed E-state index contributed by atoms with van der Waals surface area (Å²) in [5.41, 5.74) is 0. The van der Waals surface area contributed by atoms with Crippen molar-refractivity contribution in [2.45, 2.75) is 102 Å². The van der Waals surface area contributed by atoms with Gasteiger partial charge in [-0.25, -0.2) is 0 Å². The van der Waals surface area contributed by atoms with Gasteiger partial charge in [0.25, 0.3) is 0 Å². The zero-order chi connectivity index (χ0) is 18.3. The number of carboxylic acid groups (broad SMARTS) is 1. The summed E-state index contributed by atoms with van der Waals surface area (Å²) in [7, 11) is 0. The zero-order valence-electron chi connectivity index (χ0n) is 15.3. The molecule has 0 aromatic heterocycles. The molecule has 0 amide bonds. The third-order valence-electron chi connectivity index (χ3n) is 4.13. The largest absolute Gasteiger partial charge is 0.481 e. The Morgan fingerprint density at radius 3 is 2.00 bits per heavy atom. The molecule has 0 heterocycles. The highest BCUT2D eigenvalue weighted by Crippen LogP contribution is 2.32. The average Bonchev–Trinajstić information content (AvgIpc) is 2.54. The van der Waals surface area contributed by atoms with Gasteiger partial charge in [0.2, 0.25) is 0 Å². The molecule has 5 heteroatoms. The number of nitriles is 1. The van der Waals surface area contributed by atoms with Crippen LogP contribution in [-0.2, 0) is 4.79 Å². The molecule has 0 bridgehead atoms. The first kappa shape index (κ1) is 23.4. The van der Waals surface area contributed by atoms with Crippen molar-refractivity contribution in [1.82, 2.24) is 0 Å². The van der Waals surface area contributed by atoms with Crippen molar-refractivity contribution in [3.8, 4) is 6.07 Å². The van der Waals surface area contributed by atoms with Gasteiger partial charge in [0.15, 0.2) is 0 Å². The van der Waals surface area contributed by atoms with Crippen molar-refractivity contribution in [2.75, 3.05) is 0 Å². The van der Waals surface area contributed by atoms with Crippen LogP contribution in [0.3, 0.4) is 0 Å². The van der Waals surface area contributed by atoms with Crippen LogP contribution in [0.25, 0.3) is 0 Å². The van der Waals surface area contributed by atoms with Crippen LogP contribution in [0, 0.1) is 11.3 Å². The summed E-state index contributed by atoms with van der Waals surface area (Å²) in [4.78, 5) is 10.7. The van der Waals surface area contributed by atoms with Gasteiger partial charge in [-0.2, -0.15) is 5.26 Å². The number of aliphatic carboxylic acids is 1. The maximum atomic E-state index is 10.7. The van der Waals surface area contributed by atoms with Crippen LogP contribution in [0.1, 0.15) is 97.3 Å². The van der Waals surface area contributed by atoms with Crippen molar-refractivity contribution in [1.29, 1.82) is 5.26 Å². The molecule has 0 rings (SSSR count). The average molecular weight is 372 g/mol. The molecule has 0 aliphatic rings. The molecule has 0 saturated heterocycles. The van der Waals surface area contributed by atoms with Crippen molar-refractivity contribution < 1.29 is 9.90 Å². The smallest absolute Gasteiger partial charge is 0.303 e. The number of hydrogen-bond donors (Lipinski definition) is 1. The van der Waals surface area contributed by atoms with Gasteiger partial charge in [-0.3, -0.25) is 4.79 Å². The normalized spacial score (nSPS) is 13.2. The SMILES string of the molecule is CCCCCCCCCCCCC(=S)SC(C)(C#N)CCC(=O)O. The Labute approximate surface area is 157 Å². The van der Waals surface area contributed by atoms with E-state index in [0.29, 0.717) is 6.42 Å². The van der Waals surface area contributed by atoms with E-state index in [0.717, 1.165) is 17.0 Å². The zero-order valence-corrected chi connectivity index (χ0v) is 16.9. The molecule has 0 aliphatic heterocycles. The van der Waals surface area contributed by atoms with Gasteiger partial charge >= 0.3 is 5.97 Å². The first-order valence-corrected chi connectivity index (χ1v) is 10.5. The molecule has 0 aromatic rings. The predicted molar refractivity (Wildman–Crippen MR) is 108 cm³/mol. The van der Waals surface area contributed by atoms with Gasteiger partial charge in [0.05, 0.1) is 6.07 Å². The third-order valence-corrected chi connectivity index (χ3v) is 5.76. The van der Waals surface area contributed by atoms with E-state index in [1.54, 1.807) is 6.92 Å². The third kappa shape index (κ3) is 13.8. The van der Waals surface area contributed by atoms with Crippen LogP contribution in [0.15, 0.2) is 0 Å². The lowest BCUT2D eigenvalue weighted by atomic mass is 10.1. The van der Waals surface area contributed by atoms with E-state index in [-0.39, 0.29) is 6.42 Å². The Hall–Kier alpha value is -0.600. The summed E-state index contributed by atoms with van der Waals surface area (Å²) in [5, 5.41) is 18.0. The molecule has 0 spiro atoms. The van der Waals surface area contributed by atoms with Crippen molar-refractivity contribution in [2.24, 2.45) is 0 Å². The molecule has 1 N–H and O–H groups in total. The standard InChI is InChI=1S/C19H33NO2S2/c1-3-4-5-6-7-8-9-10-11-12-13-18(23)24-19(2,16-20)15-14-17(21)22/h3-15H2,1-2H3,(H,21,22). The molecule has 0 aromatic carbocycles. The minimum atomic E-state index is -0.863. The fourth-order valence-electron chi connectivity index (χ4n) is 2.53. The van der Waals surface area contributed by atoms with Crippen LogP contribution in [0.4, 0.5) is 0 Å². The number of thioether (sulfide) groups is 1. The quantitative estimate of drug-likeness (QED) is 0.263. The van der Waals surface area contributed by atoms with E-state index >= 15 is 0 Å². The summed E-state index contributed by atoms with van der Waals surface area (Å²) in [6.45, 7) is 4.03. The number of carboxylic acids is 1. The maximum absolute atomic E-state index is 10.7. The number of rotatable bonds is 15. The van der Waals surface area contributed by atoms with Gasteiger partial charge < -0.3 is 5.11 Å². The second-order valence-corrected chi connectivity index (χ2v) is 8.99. The van der Waals surface area contributed by atoms with Gasteiger partial charge in [-0.1, -0.05) is 88.7 Å². The second-order valence-electron chi connectivity index (χ2n) is 6.64. The van der Waals surface area contributed by atoms with Crippen molar-refractivity contribution in [3.05, 3.63) is 0 Å². The highest BCUT2D eigenvalue weighted by molar-refractivity contribution is 8.24. The van der Waals surface area contributed by atoms with Gasteiger partial charge in [-0.05, 0) is 26.2 Å². The van der Waals surface area contributed by atoms with Crippen LogP contribution in [-0.4, -0.2) is 20.0 Å². The van der Waals surface area contributed by atoms with Gasteiger partial charge in [-0.15, -0.1) is 0 Å². The number of thiocarbonyl (C=S) groups is 1. The Morgan fingerprint density at radius 1 is 1.04 bits per heavy atom. The van der Waals surface area contributed by atoms with Crippen LogP contribution < -0.4 is 0 Å². The lowest BCUT2D eigenvalue weighted by molar-refractivity contribution is -0.137. The number of carbonyl (C=O) groups is 1. The number of hydrogen-bond acceptors (Lipinski definition) is 4. The molecule has 24 heavy (non-hydrogen) atoms. The maximum Gasteiger partial charge on any atom is 0.303 e. The Balaban J connectivity index is 3.68. The first-order valence-electron chi connectivity index (χ1n) is 9.28. The Morgan fingerprint density at radius 2 is 1.54 bits per heavy atom. The molecule has 1 unspecified atom stereocenters. The summed E-state index contributed by atoms with van der Waals surface area (Å²) in [6, 6.07) is 2.22. The monoisotopic (exact) mass is 371 g/mol. The lowest BCUT2D eigenvalue weighted by Gasteiger charge is -2.20. The molecule has 0 saturated carbocycles. The van der Waals surface area contributed by atoms with E-state index in [1.165, 1.54) is 69.5 Å². The van der Waals surface area contributed by atoms with E-state index in [1.807, 2.05) is 0 Å². The second kappa shape index (κ2) is 14.7. The topological polar surface area (TPSA) is 61.1 Å². The van der Waals surface area contributed by atoms with Crippen molar-refractivity contribution in [3.63, 3.8) is 0 Å². The van der Waals surface area contributed by atoms with Crippen LogP contribution in [0.5, 0.6) is 0 Å². The summed E-state index contributed by atoms with van der Waals surface area (Å²) < 4.78 is 0.123. The first-order chi connectivity index (χ1) is 11.4. The summed E-state index contributed by atoms with van der Waals surface area (Å²) >= 11 is 6.75. The van der Waals surface area contributed by atoms with E-state index in [4.69, 9.17) is 17.3 Å². The lowest BCUT2D eigenvalue weighted by Crippen LogP contribution is -2.21. The summed E-state index contributed by atoms with van der Waals surface area (Å²) in [6.07, 6.45) is 14.1. The molecule has 3 nitrogen and oxygen atoms in total. The Kier molecular flexibility index (Phi) is 14.4. The van der Waals surface area contributed by atoms with Crippen LogP contribution >= 0.6 is 24.0 Å². The highest BCUT2D eigenvalue weighted by atomic mass is 32.2. The molecular formula is C19H33NO2S2. The van der Waals surface area contributed by atoms with Gasteiger partial charge in [0.1, 0.15) is 4.75 Å². The summed E-state index contributed by atoms with van der Waals surface area (Å²) in [5.74, 6) is -0.863. The van der Waals surface area contributed by atoms with E-state index < -0.39 is 10.7 Å². The van der Waals surface area contributed by atoms with Crippen LogP contribution in [0.2, 0.25) is 0 Å². The molecule has 1 atom stereocenters. The van der Waals surface area contributed by atoms with E-state index in [9.17, 15) is 10.1 Å². The molecule has 0 fully saturated rings. The van der Waals surface area contributed by atoms with Crippen molar-refractivity contribution >= 4 is 34.1 Å². The molecule has 138 valence electrons. The minimum Gasteiger partial charge on any atom is -0.481 e. The van der Waals surface area contributed by atoms with Gasteiger partial charge in [0, 0.05) is 10.6 Å². The fraction of sp³-hybridized carbons (Fsp3) is 0.842. The molecular weight excluding hydrogens is 338 g/mol. The molecule has 0 aliphatic carbocycles.